The summed E-state index contributed by atoms with van der Waals surface area (Å²) in [5, 5.41) is 3.34. The molecular formula is C20H23FN2O2. The standard InChI is InChI=1S/C20H23FN2O2/c21-16(14-24-17-4-2-1-3-5-17)11-23-12-19(13-23)25-18-6-7-20-15(10-18)8-9-22-20/h1-7,10,16,19,22H,8-9,11-14H2/t16-/m1/s1. The molecule has 2 aliphatic heterocycles. The number of halogens is 1. The van der Waals surface area contributed by atoms with E-state index >= 15 is 0 Å². The minimum Gasteiger partial charge on any atom is -0.491 e. The van der Waals surface area contributed by atoms with Crippen molar-refractivity contribution in [1.82, 2.24) is 4.90 Å². The van der Waals surface area contributed by atoms with Crippen molar-refractivity contribution in [1.29, 1.82) is 0 Å². The summed E-state index contributed by atoms with van der Waals surface area (Å²) in [5.41, 5.74) is 2.52. The normalized spacial score (nSPS) is 18.1. The lowest BCUT2D eigenvalue weighted by molar-refractivity contribution is 0.000177. The van der Waals surface area contributed by atoms with Crippen LogP contribution >= 0.6 is 0 Å². The first kappa shape index (κ1) is 16.2. The minimum atomic E-state index is -0.993. The molecule has 5 heteroatoms. The van der Waals surface area contributed by atoms with Crippen LogP contribution < -0.4 is 14.8 Å². The molecule has 0 unspecified atom stereocenters. The van der Waals surface area contributed by atoms with Crippen LogP contribution in [0, 0.1) is 0 Å². The van der Waals surface area contributed by atoms with E-state index in [2.05, 4.69) is 22.3 Å². The van der Waals surface area contributed by atoms with Crippen LogP contribution in [0.25, 0.3) is 0 Å². The van der Waals surface area contributed by atoms with Gasteiger partial charge in [-0.05, 0) is 42.3 Å². The quantitative estimate of drug-likeness (QED) is 0.838. The Morgan fingerprint density at radius 1 is 1.12 bits per heavy atom. The number of hydrogen-bond donors (Lipinski definition) is 1. The number of para-hydroxylation sites is 1. The summed E-state index contributed by atoms with van der Waals surface area (Å²) in [6, 6.07) is 15.6. The van der Waals surface area contributed by atoms with Gasteiger partial charge < -0.3 is 14.8 Å². The van der Waals surface area contributed by atoms with Gasteiger partial charge in [0, 0.05) is 31.9 Å². The molecule has 4 nitrogen and oxygen atoms in total. The molecule has 0 spiro atoms. The van der Waals surface area contributed by atoms with Crippen LogP contribution in [0.1, 0.15) is 5.56 Å². The number of fused-ring (bicyclic) bond motifs is 1. The van der Waals surface area contributed by atoms with Crippen LogP contribution in [0.2, 0.25) is 0 Å². The van der Waals surface area contributed by atoms with E-state index in [4.69, 9.17) is 9.47 Å². The van der Waals surface area contributed by atoms with E-state index in [1.165, 1.54) is 11.3 Å². The van der Waals surface area contributed by atoms with Gasteiger partial charge in [-0.3, -0.25) is 4.90 Å². The molecule has 2 aromatic rings. The molecule has 1 atom stereocenters. The molecule has 0 amide bonds. The van der Waals surface area contributed by atoms with Crippen molar-refractivity contribution >= 4 is 5.69 Å². The fraction of sp³-hybridized carbons (Fsp3) is 0.400. The lowest BCUT2D eigenvalue weighted by atomic mass is 10.1. The first-order valence-electron chi connectivity index (χ1n) is 8.84. The van der Waals surface area contributed by atoms with E-state index < -0.39 is 6.17 Å². The van der Waals surface area contributed by atoms with Gasteiger partial charge >= 0.3 is 0 Å². The highest BCUT2D eigenvalue weighted by atomic mass is 19.1. The highest BCUT2D eigenvalue weighted by Gasteiger charge is 2.30. The SMILES string of the molecule is F[C@@H](COc1ccccc1)CN1CC(Oc2ccc3c(c2)CCN3)C1. The van der Waals surface area contributed by atoms with E-state index in [1.54, 1.807) is 0 Å². The summed E-state index contributed by atoms with van der Waals surface area (Å²) in [6.45, 7) is 3.01. The summed E-state index contributed by atoms with van der Waals surface area (Å²) in [4.78, 5) is 2.07. The fourth-order valence-electron chi connectivity index (χ4n) is 3.33. The Morgan fingerprint density at radius 3 is 2.80 bits per heavy atom. The number of rotatable bonds is 7. The largest absolute Gasteiger partial charge is 0.491 e. The average molecular weight is 342 g/mol. The molecule has 0 saturated carbocycles. The van der Waals surface area contributed by atoms with Crippen LogP contribution in [0.5, 0.6) is 11.5 Å². The molecule has 1 saturated heterocycles. The number of alkyl halides is 1. The Balaban J connectivity index is 1.17. The third kappa shape index (κ3) is 4.04. The summed E-state index contributed by atoms with van der Waals surface area (Å²) < 4.78 is 25.5. The Kier molecular flexibility index (Phi) is 4.74. The molecule has 2 aromatic carbocycles. The number of anilines is 1. The van der Waals surface area contributed by atoms with Gasteiger partial charge in [0.15, 0.2) is 0 Å². The molecule has 1 N–H and O–H groups in total. The Morgan fingerprint density at radius 2 is 1.96 bits per heavy atom. The van der Waals surface area contributed by atoms with Crippen LogP contribution in [0.15, 0.2) is 48.5 Å². The van der Waals surface area contributed by atoms with E-state index in [9.17, 15) is 4.39 Å². The van der Waals surface area contributed by atoms with Gasteiger partial charge in [-0.25, -0.2) is 4.39 Å². The van der Waals surface area contributed by atoms with Gasteiger partial charge in [-0.2, -0.15) is 0 Å². The Bertz CT molecular complexity index is 704. The smallest absolute Gasteiger partial charge is 0.147 e. The maximum atomic E-state index is 14.0. The Labute approximate surface area is 147 Å². The number of nitrogens with zero attached hydrogens (tertiary/aromatic N) is 1. The molecule has 25 heavy (non-hydrogen) atoms. The highest BCUT2D eigenvalue weighted by molar-refractivity contribution is 5.57. The van der Waals surface area contributed by atoms with Crippen LogP contribution in [-0.4, -0.2) is 50.0 Å². The lowest BCUT2D eigenvalue weighted by Crippen LogP contribution is -2.55. The number of likely N-dealkylation sites (tertiary alicyclic amines) is 1. The van der Waals surface area contributed by atoms with Crippen molar-refractivity contribution in [2.75, 3.05) is 38.1 Å². The molecule has 0 aromatic heterocycles. The number of benzene rings is 2. The fourth-order valence-corrected chi connectivity index (χ4v) is 3.33. The second-order valence-corrected chi connectivity index (χ2v) is 6.68. The van der Waals surface area contributed by atoms with Gasteiger partial charge in [-0.15, -0.1) is 0 Å². The maximum Gasteiger partial charge on any atom is 0.147 e. The Hall–Kier alpha value is -2.27. The van der Waals surface area contributed by atoms with Crippen LogP contribution in [0.3, 0.4) is 0 Å². The second-order valence-electron chi connectivity index (χ2n) is 6.68. The van der Waals surface area contributed by atoms with Gasteiger partial charge in [-0.1, -0.05) is 18.2 Å². The van der Waals surface area contributed by atoms with Gasteiger partial charge in [0.1, 0.15) is 30.4 Å². The van der Waals surface area contributed by atoms with Gasteiger partial charge in [0.05, 0.1) is 0 Å². The number of nitrogens with one attached hydrogen (secondary N) is 1. The van der Waals surface area contributed by atoms with Crippen molar-refractivity contribution in [2.45, 2.75) is 18.7 Å². The van der Waals surface area contributed by atoms with Crippen molar-refractivity contribution in [2.24, 2.45) is 0 Å². The number of hydrogen-bond acceptors (Lipinski definition) is 4. The summed E-state index contributed by atoms with van der Waals surface area (Å²) >= 11 is 0. The molecule has 2 heterocycles. The van der Waals surface area contributed by atoms with Crippen molar-refractivity contribution in [3.63, 3.8) is 0 Å². The zero-order chi connectivity index (χ0) is 17.1. The predicted molar refractivity (Wildman–Crippen MR) is 96.3 cm³/mol. The first-order chi connectivity index (χ1) is 12.3. The lowest BCUT2D eigenvalue weighted by Gasteiger charge is -2.39. The zero-order valence-corrected chi connectivity index (χ0v) is 14.2. The molecule has 1 fully saturated rings. The molecule has 0 bridgehead atoms. The average Bonchev–Trinajstić information content (AvgIpc) is 3.07. The molecule has 2 aliphatic rings. The maximum absolute atomic E-state index is 14.0. The third-order valence-electron chi connectivity index (χ3n) is 4.64. The summed E-state index contributed by atoms with van der Waals surface area (Å²) in [6.07, 6.45) is 0.204. The van der Waals surface area contributed by atoms with Crippen molar-refractivity contribution < 1.29 is 13.9 Å². The molecule has 0 aliphatic carbocycles. The van der Waals surface area contributed by atoms with Crippen molar-refractivity contribution in [3.05, 3.63) is 54.1 Å². The summed E-state index contributed by atoms with van der Waals surface area (Å²) in [7, 11) is 0. The van der Waals surface area contributed by atoms with Crippen LogP contribution in [-0.2, 0) is 6.42 Å². The highest BCUT2D eigenvalue weighted by Crippen LogP contribution is 2.28. The van der Waals surface area contributed by atoms with E-state index in [1.807, 2.05) is 36.4 Å². The monoisotopic (exact) mass is 342 g/mol. The first-order valence-corrected chi connectivity index (χ1v) is 8.84. The predicted octanol–water partition coefficient (Wildman–Crippen LogP) is 3.13. The van der Waals surface area contributed by atoms with E-state index in [0.29, 0.717) is 12.3 Å². The summed E-state index contributed by atoms with van der Waals surface area (Å²) in [5.74, 6) is 1.62. The van der Waals surface area contributed by atoms with E-state index in [0.717, 1.165) is 31.8 Å². The third-order valence-corrected chi connectivity index (χ3v) is 4.64. The second kappa shape index (κ2) is 7.31. The van der Waals surface area contributed by atoms with Gasteiger partial charge in [0.2, 0.25) is 0 Å². The van der Waals surface area contributed by atoms with Crippen LogP contribution in [0.4, 0.5) is 10.1 Å². The van der Waals surface area contributed by atoms with Crippen molar-refractivity contribution in [3.8, 4) is 11.5 Å². The molecular weight excluding hydrogens is 319 g/mol. The molecule has 4 rings (SSSR count). The topological polar surface area (TPSA) is 33.7 Å². The zero-order valence-electron chi connectivity index (χ0n) is 14.2. The minimum absolute atomic E-state index is 0.0872. The number of ether oxygens (including phenoxy) is 2. The molecule has 0 radical (unpaired) electrons. The van der Waals surface area contributed by atoms with E-state index in [-0.39, 0.29) is 12.7 Å². The van der Waals surface area contributed by atoms with Gasteiger partial charge in [0.25, 0.3) is 0 Å². The molecule has 132 valence electrons.